The summed E-state index contributed by atoms with van der Waals surface area (Å²) in [5.41, 5.74) is 0. The van der Waals surface area contributed by atoms with Crippen LogP contribution in [-0.2, 0) is 0 Å². The SMILES string of the molecule is C#CC(Cl)(CC)CCC. The second-order valence-corrected chi connectivity index (χ2v) is 2.94. The van der Waals surface area contributed by atoms with E-state index in [-0.39, 0.29) is 4.87 Å². The predicted octanol–water partition coefficient (Wildman–Crippen LogP) is 2.81. The van der Waals surface area contributed by atoms with Crippen LogP contribution in [0.1, 0.15) is 33.1 Å². The van der Waals surface area contributed by atoms with E-state index < -0.39 is 0 Å². The van der Waals surface area contributed by atoms with Crippen LogP contribution >= 0.6 is 11.6 Å². The summed E-state index contributed by atoms with van der Waals surface area (Å²) in [4.78, 5) is -0.366. The number of alkyl halides is 1. The van der Waals surface area contributed by atoms with Gasteiger partial charge in [0.05, 0.1) is 0 Å². The molecular formula is C8H13Cl. The Hall–Kier alpha value is -0.150. The number of terminal acetylenes is 1. The molecule has 0 saturated carbocycles. The molecule has 0 aromatic carbocycles. The molecule has 0 radical (unpaired) electrons. The standard InChI is InChI=1S/C8H13Cl/c1-4-7-8(9,5-2)6-3/h2H,4,6-7H2,1,3H3. The molecular weight excluding hydrogens is 132 g/mol. The molecule has 0 aromatic heterocycles. The van der Waals surface area contributed by atoms with Crippen molar-refractivity contribution < 1.29 is 0 Å². The maximum Gasteiger partial charge on any atom is 0.104 e. The Morgan fingerprint density at radius 1 is 1.56 bits per heavy atom. The van der Waals surface area contributed by atoms with E-state index in [1.54, 1.807) is 0 Å². The van der Waals surface area contributed by atoms with Gasteiger partial charge in [-0.15, -0.1) is 18.0 Å². The van der Waals surface area contributed by atoms with Crippen molar-refractivity contribution >= 4 is 11.6 Å². The second-order valence-electron chi connectivity index (χ2n) is 2.21. The minimum Gasteiger partial charge on any atom is -0.118 e. The minimum atomic E-state index is -0.366. The molecule has 0 heterocycles. The Bertz CT molecular complexity index is 112. The first-order chi connectivity index (χ1) is 4.18. The zero-order chi connectivity index (χ0) is 7.33. The van der Waals surface area contributed by atoms with Gasteiger partial charge in [-0.1, -0.05) is 26.2 Å². The Morgan fingerprint density at radius 2 is 2.11 bits per heavy atom. The summed E-state index contributed by atoms with van der Waals surface area (Å²) in [5.74, 6) is 2.59. The highest BCUT2D eigenvalue weighted by Crippen LogP contribution is 2.23. The molecule has 0 saturated heterocycles. The molecule has 0 amide bonds. The topological polar surface area (TPSA) is 0 Å². The maximum absolute atomic E-state index is 5.97. The van der Waals surface area contributed by atoms with Gasteiger partial charge in [-0.3, -0.25) is 0 Å². The van der Waals surface area contributed by atoms with Crippen LogP contribution in [0.15, 0.2) is 0 Å². The fourth-order valence-electron chi connectivity index (χ4n) is 0.747. The van der Waals surface area contributed by atoms with Crippen molar-refractivity contribution in [1.82, 2.24) is 0 Å². The van der Waals surface area contributed by atoms with E-state index in [1.807, 2.05) is 6.92 Å². The first-order valence-electron chi connectivity index (χ1n) is 3.35. The Morgan fingerprint density at radius 3 is 2.22 bits per heavy atom. The summed E-state index contributed by atoms with van der Waals surface area (Å²) in [6.07, 6.45) is 8.06. The highest BCUT2D eigenvalue weighted by atomic mass is 35.5. The third-order valence-electron chi connectivity index (χ3n) is 1.47. The summed E-state index contributed by atoms with van der Waals surface area (Å²) in [6, 6.07) is 0. The van der Waals surface area contributed by atoms with Crippen LogP contribution in [0.25, 0.3) is 0 Å². The molecule has 0 N–H and O–H groups in total. The van der Waals surface area contributed by atoms with Crippen LogP contribution in [0.2, 0.25) is 0 Å². The van der Waals surface area contributed by atoms with Crippen LogP contribution in [0, 0.1) is 12.3 Å². The fourth-order valence-corrected chi connectivity index (χ4v) is 0.936. The molecule has 0 nitrogen and oxygen atoms in total. The highest BCUT2D eigenvalue weighted by Gasteiger charge is 2.19. The van der Waals surface area contributed by atoms with Crippen molar-refractivity contribution in [2.45, 2.75) is 38.0 Å². The normalized spacial score (nSPS) is 16.2. The van der Waals surface area contributed by atoms with Crippen molar-refractivity contribution in [2.24, 2.45) is 0 Å². The maximum atomic E-state index is 5.97. The average molecular weight is 145 g/mol. The quantitative estimate of drug-likeness (QED) is 0.422. The highest BCUT2D eigenvalue weighted by molar-refractivity contribution is 6.25. The third-order valence-corrected chi connectivity index (χ3v) is 2.03. The molecule has 0 aliphatic carbocycles. The lowest BCUT2D eigenvalue weighted by Gasteiger charge is -2.16. The van der Waals surface area contributed by atoms with Gasteiger partial charge in [0.1, 0.15) is 4.87 Å². The van der Waals surface area contributed by atoms with Crippen molar-refractivity contribution in [2.75, 3.05) is 0 Å². The van der Waals surface area contributed by atoms with Crippen molar-refractivity contribution in [1.29, 1.82) is 0 Å². The van der Waals surface area contributed by atoms with Crippen LogP contribution in [0.5, 0.6) is 0 Å². The lowest BCUT2D eigenvalue weighted by Crippen LogP contribution is -2.16. The molecule has 0 rings (SSSR count). The van der Waals surface area contributed by atoms with E-state index in [0.29, 0.717) is 0 Å². The molecule has 0 fully saturated rings. The summed E-state index contributed by atoms with van der Waals surface area (Å²) >= 11 is 5.97. The van der Waals surface area contributed by atoms with Crippen LogP contribution in [-0.4, -0.2) is 4.87 Å². The lowest BCUT2D eigenvalue weighted by atomic mass is 10.0. The third kappa shape index (κ3) is 2.77. The minimum absolute atomic E-state index is 0.366. The molecule has 0 aliphatic rings. The van der Waals surface area contributed by atoms with Crippen LogP contribution < -0.4 is 0 Å². The van der Waals surface area contributed by atoms with Crippen molar-refractivity contribution in [3.05, 3.63) is 0 Å². The van der Waals surface area contributed by atoms with Gasteiger partial charge in [0.2, 0.25) is 0 Å². The van der Waals surface area contributed by atoms with Gasteiger partial charge in [0, 0.05) is 0 Å². The van der Waals surface area contributed by atoms with Crippen LogP contribution in [0.4, 0.5) is 0 Å². The van der Waals surface area contributed by atoms with Gasteiger partial charge in [0.25, 0.3) is 0 Å². The van der Waals surface area contributed by atoms with Gasteiger partial charge in [-0.25, -0.2) is 0 Å². The molecule has 9 heavy (non-hydrogen) atoms. The number of hydrogen-bond acceptors (Lipinski definition) is 0. The molecule has 0 spiro atoms. The molecule has 1 heteroatoms. The van der Waals surface area contributed by atoms with Crippen molar-refractivity contribution in [3.8, 4) is 12.3 Å². The predicted molar refractivity (Wildman–Crippen MR) is 42.6 cm³/mol. The van der Waals surface area contributed by atoms with Gasteiger partial charge in [-0.05, 0) is 12.8 Å². The van der Waals surface area contributed by atoms with Crippen LogP contribution in [0.3, 0.4) is 0 Å². The number of halogens is 1. The lowest BCUT2D eigenvalue weighted by molar-refractivity contribution is 0.618. The zero-order valence-electron chi connectivity index (χ0n) is 6.08. The monoisotopic (exact) mass is 144 g/mol. The van der Waals surface area contributed by atoms with Gasteiger partial charge < -0.3 is 0 Å². The summed E-state index contributed by atoms with van der Waals surface area (Å²) in [6.45, 7) is 4.10. The van der Waals surface area contributed by atoms with E-state index >= 15 is 0 Å². The first-order valence-corrected chi connectivity index (χ1v) is 3.73. The first kappa shape index (κ1) is 8.85. The number of rotatable bonds is 3. The van der Waals surface area contributed by atoms with E-state index in [9.17, 15) is 0 Å². The Balaban J connectivity index is 3.81. The van der Waals surface area contributed by atoms with Gasteiger partial charge in [-0.2, -0.15) is 0 Å². The smallest absolute Gasteiger partial charge is 0.104 e. The summed E-state index contributed by atoms with van der Waals surface area (Å²) in [7, 11) is 0. The summed E-state index contributed by atoms with van der Waals surface area (Å²) in [5, 5.41) is 0. The molecule has 0 aromatic rings. The van der Waals surface area contributed by atoms with E-state index in [2.05, 4.69) is 12.8 Å². The van der Waals surface area contributed by atoms with E-state index in [0.717, 1.165) is 19.3 Å². The molecule has 1 unspecified atom stereocenters. The second kappa shape index (κ2) is 3.80. The number of hydrogen-bond donors (Lipinski definition) is 0. The average Bonchev–Trinajstić information content (AvgIpc) is 1.89. The molecule has 52 valence electrons. The Labute approximate surface area is 62.6 Å². The zero-order valence-corrected chi connectivity index (χ0v) is 6.83. The summed E-state index contributed by atoms with van der Waals surface area (Å²) < 4.78 is 0. The largest absolute Gasteiger partial charge is 0.118 e. The van der Waals surface area contributed by atoms with E-state index in [1.165, 1.54) is 0 Å². The Kier molecular flexibility index (Phi) is 3.73. The fraction of sp³-hybridized carbons (Fsp3) is 0.750. The molecule has 0 bridgehead atoms. The van der Waals surface area contributed by atoms with Crippen molar-refractivity contribution in [3.63, 3.8) is 0 Å². The van der Waals surface area contributed by atoms with Gasteiger partial charge >= 0.3 is 0 Å². The molecule has 0 aliphatic heterocycles. The van der Waals surface area contributed by atoms with E-state index in [4.69, 9.17) is 18.0 Å². The van der Waals surface area contributed by atoms with Gasteiger partial charge in [0.15, 0.2) is 0 Å². The molecule has 1 atom stereocenters.